The SMILES string of the molecule is [2H]C([2H])(c1ccc2c(c1)sc1c(-c3nc4ccccc4n3-c3ccc(C(C)(C)C)cc3-c3ccccc3)cccc12)C(C)(C)C. The van der Waals surface area contributed by atoms with Gasteiger partial charge in [0.05, 0.1) is 16.7 Å². The number of thiophene rings is 1. The molecule has 0 saturated heterocycles. The number of hydrogen-bond acceptors (Lipinski definition) is 2. The molecule has 0 bridgehead atoms. The summed E-state index contributed by atoms with van der Waals surface area (Å²) in [7, 11) is 0. The van der Waals surface area contributed by atoms with Crippen molar-refractivity contribution >= 4 is 42.5 Å². The summed E-state index contributed by atoms with van der Waals surface area (Å²) in [6.45, 7) is 12.7. The molecule has 7 aromatic rings. The van der Waals surface area contributed by atoms with Crippen LogP contribution in [-0.4, -0.2) is 9.55 Å². The van der Waals surface area contributed by atoms with E-state index in [2.05, 4.69) is 128 Å². The molecule has 2 heterocycles. The van der Waals surface area contributed by atoms with Crippen LogP contribution in [0, 0.1) is 5.41 Å². The summed E-state index contributed by atoms with van der Waals surface area (Å²) in [4.78, 5) is 5.28. The van der Waals surface area contributed by atoms with Crippen molar-refractivity contribution in [1.29, 1.82) is 0 Å². The van der Waals surface area contributed by atoms with E-state index in [1.807, 2.05) is 26.8 Å². The Morgan fingerprint density at radius 3 is 2.26 bits per heavy atom. The molecule has 3 heteroatoms. The lowest BCUT2D eigenvalue weighted by Gasteiger charge is -2.23. The van der Waals surface area contributed by atoms with Gasteiger partial charge >= 0.3 is 0 Å². The van der Waals surface area contributed by atoms with Crippen molar-refractivity contribution < 1.29 is 2.74 Å². The van der Waals surface area contributed by atoms with Crippen LogP contribution in [0.3, 0.4) is 0 Å². The molecule has 2 nitrogen and oxygen atoms in total. The molecule has 0 aliphatic heterocycles. The van der Waals surface area contributed by atoms with Gasteiger partial charge in [-0.3, -0.25) is 4.57 Å². The maximum absolute atomic E-state index is 8.89. The van der Waals surface area contributed by atoms with E-state index < -0.39 is 11.8 Å². The van der Waals surface area contributed by atoms with E-state index in [0.717, 1.165) is 42.9 Å². The summed E-state index contributed by atoms with van der Waals surface area (Å²) in [5.74, 6) is 0.902. The molecule has 0 aliphatic rings. The fraction of sp³-hybridized carbons (Fsp3) is 0.225. The summed E-state index contributed by atoms with van der Waals surface area (Å²) >= 11 is 1.72. The first-order valence-electron chi connectivity index (χ1n) is 16.0. The first-order valence-corrected chi connectivity index (χ1v) is 15.8. The zero-order valence-corrected chi connectivity index (χ0v) is 26.5. The van der Waals surface area contributed by atoms with E-state index in [4.69, 9.17) is 7.73 Å². The van der Waals surface area contributed by atoms with Crippen molar-refractivity contribution in [2.24, 2.45) is 5.41 Å². The molecule has 43 heavy (non-hydrogen) atoms. The number of rotatable bonds is 4. The van der Waals surface area contributed by atoms with Gasteiger partial charge in [0.1, 0.15) is 5.82 Å². The van der Waals surface area contributed by atoms with Gasteiger partial charge in [0, 0.05) is 34.0 Å². The van der Waals surface area contributed by atoms with E-state index in [9.17, 15) is 0 Å². The van der Waals surface area contributed by atoms with Gasteiger partial charge in [-0.05, 0) is 70.3 Å². The van der Waals surface area contributed by atoms with Crippen LogP contribution >= 0.6 is 11.3 Å². The van der Waals surface area contributed by atoms with Crippen LogP contribution in [0.2, 0.25) is 0 Å². The Hall–Kier alpha value is -4.21. The second kappa shape index (κ2) is 10.2. The number of para-hydroxylation sites is 2. The van der Waals surface area contributed by atoms with Gasteiger partial charge in [-0.15, -0.1) is 11.3 Å². The lowest BCUT2D eigenvalue weighted by molar-refractivity contribution is 0.411. The van der Waals surface area contributed by atoms with Crippen LogP contribution in [0.1, 0.15) is 55.4 Å². The van der Waals surface area contributed by atoms with Crippen molar-refractivity contribution in [2.45, 2.75) is 53.3 Å². The monoisotopic (exact) mass is 580 g/mol. The van der Waals surface area contributed by atoms with Crippen molar-refractivity contribution in [3.63, 3.8) is 0 Å². The fourth-order valence-corrected chi connectivity index (χ4v) is 7.23. The normalized spacial score (nSPS) is 13.5. The Bertz CT molecular complexity index is 2210. The smallest absolute Gasteiger partial charge is 0.147 e. The highest BCUT2D eigenvalue weighted by Gasteiger charge is 2.23. The standard InChI is InChI=1S/C40H38N2S/c1-39(2,3)25-26-19-21-29-30-15-12-16-31(37(30)43-36(29)23-26)38-41-33-17-10-11-18-35(33)42(38)34-22-20-28(40(4,5)6)24-32(34)27-13-8-7-9-14-27/h7-24H,25H2,1-6H3/i25D2. The van der Waals surface area contributed by atoms with Crippen molar-refractivity contribution in [3.8, 4) is 28.2 Å². The fourth-order valence-electron chi connectivity index (χ4n) is 5.98. The van der Waals surface area contributed by atoms with Crippen LogP contribution < -0.4 is 0 Å². The van der Waals surface area contributed by atoms with Gasteiger partial charge in [-0.2, -0.15) is 0 Å². The molecule has 0 radical (unpaired) electrons. The molecule has 0 N–H and O–H groups in total. The largest absolute Gasteiger partial charge is 0.292 e. The first-order chi connectivity index (χ1) is 21.3. The van der Waals surface area contributed by atoms with Crippen LogP contribution in [0.4, 0.5) is 0 Å². The third kappa shape index (κ3) is 5.06. The van der Waals surface area contributed by atoms with Gasteiger partial charge in [-0.1, -0.05) is 114 Å². The highest BCUT2D eigenvalue weighted by atomic mass is 32.1. The molecule has 214 valence electrons. The molecule has 0 spiro atoms. The molecule has 0 fully saturated rings. The highest BCUT2D eigenvalue weighted by Crippen LogP contribution is 2.43. The maximum atomic E-state index is 8.89. The van der Waals surface area contributed by atoms with E-state index in [0.29, 0.717) is 5.56 Å². The molecule has 0 amide bonds. The average molecular weight is 581 g/mol. The number of hydrogen-bond donors (Lipinski definition) is 0. The molecule has 0 atom stereocenters. The van der Waals surface area contributed by atoms with E-state index >= 15 is 0 Å². The zero-order chi connectivity index (χ0) is 31.7. The quantitative estimate of drug-likeness (QED) is 0.202. The van der Waals surface area contributed by atoms with Crippen LogP contribution in [0.25, 0.3) is 59.4 Å². The molecule has 5 aromatic carbocycles. The zero-order valence-electron chi connectivity index (χ0n) is 27.7. The second-order valence-electron chi connectivity index (χ2n) is 13.5. The number of nitrogens with zero attached hydrogens (tertiary/aromatic N) is 2. The summed E-state index contributed by atoms with van der Waals surface area (Å²) in [5.41, 5.74) is 8.01. The topological polar surface area (TPSA) is 17.8 Å². The lowest BCUT2D eigenvalue weighted by Crippen LogP contribution is -2.12. The van der Waals surface area contributed by atoms with Gasteiger partial charge in [0.25, 0.3) is 0 Å². The molecule has 0 saturated carbocycles. The molecule has 2 aromatic heterocycles. The maximum Gasteiger partial charge on any atom is 0.147 e. The van der Waals surface area contributed by atoms with Crippen molar-refractivity contribution in [2.75, 3.05) is 0 Å². The Morgan fingerprint density at radius 1 is 0.721 bits per heavy atom. The molecule has 0 aliphatic carbocycles. The lowest BCUT2D eigenvalue weighted by atomic mass is 9.85. The van der Waals surface area contributed by atoms with Gasteiger partial charge < -0.3 is 0 Å². The minimum atomic E-state index is -1.46. The van der Waals surface area contributed by atoms with Crippen LogP contribution in [-0.2, 0) is 11.8 Å². The third-order valence-electron chi connectivity index (χ3n) is 8.01. The minimum absolute atomic E-state index is 0.00605. The second-order valence-corrected chi connectivity index (χ2v) is 14.5. The average Bonchev–Trinajstić information content (AvgIpc) is 3.58. The van der Waals surface area contributed by atoms with Crippen molar-refractivity contribution in [1.82, 2.24) is 9.55 Å². The Balaban J connectivity index is 1.51. The summed E-state index contributed by atoms with van der Waals surface area (Å²) in [5, 5.41) is 2.31. The summed E-state index contributed by atoms with van der Waals surface area (Å²) in [6.07, 6.45) is -1.46. The van der Waals surface area contributed by atoms with E-state index in [1.54, 1.807) is 11.3 Å². The molecule has 7 rings (SSSR count). The Morgan fingerprint density at radius 2 is 1.49 bits per heavy atom. The van der Waals surface area contributed by atoms with Crippen LogP contribution in [0.5, 0.6) is 0 Å². The number of benzene rings is 5. The van der Waals surface area contributed by atoms with E-state index in [1.165, 1.54) is 22.1 Å². The molecular weight excluding hydrogens is 541 g/mol. The summed E-state index contributed by atoms with van der Waals surface area (Å²) in [6, 6.07) is 38.5. The number of fused-ring (bicyclic) bond motifs is 4. The third-order valence-corrected chi connectivity index (χ3v) is 9.21. The highest BCUT2D eigenvalue weighted by molar-refractivity contribution is 7.26. The Kier molecular flexibility index (Phi) is 6.01. The van der Waals surface area contributed by atoms with Crippen molar-refractivity contribution in [3.05, 3.63) is 120 Å². The number of imidazole rings is 1. The predicted molar refractivity (Wildman–Crippen MR) is 187 cm³/mol. The molecular formula is C40H38N2S. The van der Waals surface area contributed by atoms with Crippen LogP contribution in [0.15, 0.2) is 109 Å². The Labute approximate surface area is 261 Å². The summed E-state index contributed by atoms with van der Waals surface area (Å²) < 4.78 is 22.4. The van der Waals surface area contributed by atoms with E-state index in [-0.39, 0.29) is 5.41 Å². The first kappa shape index (κ1) is 25.3. The molecule has 0 unspecified atom stereocenters. The number of aromatic nitrogens is 2. The van der Waals surface area contributed by atoms with Gasteiger partial charge in [-0.25, -0.2) is 4.98 Å². The van der Waals surface area contributed by atoms with Gasteiger partial charge in [0.15, 0.2) is 0 Å². The minimum Gasteiger partial charge on any atom is -0.292 e. The predicted octanol–water partition coefficient (Wildman–Crippen LogP) is 11.6. The van der Waals surface area contributed by atoms with Gasteiger partial charge in [0.2, 0.25) is 0 Å².